The number of rotatable bonds is 46. The SMILES string of the molecule is CC/C=C\C/C=C\C/C=C\C/C=C\C/C=C\C/C=C\CCCCCCCCCCCCCCC(=O)NC(COC1OC(CO)C(O)C(O)C1O)C(O)CCCCCCCCCCCCCCC. The third kappa shape index (κ3) is 37.2. The molecule has 0 spiro atoms. The van der Waals surface area contributed by atoms with Crippen LogP contribution in [0.15, 0.2) is 72.9 Å². The van der Waals surface area contributed by atoms with Crippen LogP contribution in [0.3, 0.4) is 0 Å². The van der Waals surface area contributed by atoms with Crippen LogP contribution >= 0.6 is 0 Å². The van der Waals surface area contributed by atoms with Crippen LogP contribution in [0.25, 0.3) is 0 Å². The Morgan fingerprint density at radius 3 is 1.37 bits per heavy atom. The molecular weight excluding hydrogens is 839 g/mol. The molecule has 0 aromatic rings. The zero-order valence-corrected chi connectivity index (χ0v) is 42.9. The van der Waals surface area contributed by atoms with Gasteiger partial charge in [0.05, 0.1) is 25.4 Å². The molecule has 0 aliphatic carbocycles. The average Bonchev–Trinajstić information content (AvgIpc) is 3.33. The summed E-state index contributed by atoms with van der Waals surface area (Å²) in [7, 11) is 0. The van der Waals surface area contributed by atoms with Crippen molar-refractivity contribution in [2.75, 3.05) is 13.2 Å². The van der Waals surface area contributed by atoms with Crippen molar-refractivity contribution in [3.63, 3.8) is 0 Å². The van der Waals surface area contributed by atoms with Gasteiger partial charge in [-0.15, -0.1) is 0 Å². The standard InChI is InChI=1S/C58H103NO8/c1-3-5-7-9-11-13-15-17-18-19-20-21-22-23-24-25-26-27-28-29-30-31-32-33-34-36-38-40-42-44-46-48-54(62)59-51(50-66-58-57(65)56(64)55(63)53(49-60)67-58)52(61)47-45-43-41-39-37-35-16-14-12-10-8-6-4-2/h5,7,11,13,17-18,20-21,23-24,26-27,51-53,55-58,60-61,63-65H,3-4,6,8-10,12,14-16,19,22,25,28-50H2,1-2H3,(H,59,62)/b7-5-,13-11-,18-17-,21-20-,24-23-,27-26-. The van der Waals surface area contributed by atoms with E-state index in [2.05, 4.69) is 92.1 Å². The normalized spacial score (nSPS) is 20.3. The lowest BCUT2D eigenvalue weighted by Gasteiger charge is -2.40. The van der Waals surface area contributed by atoms with E-state index in [1.807, 2.05) is 0 Å². The van der Waals surface area contributed by atoms with E-state index in [0.29, 0.717) is 12.8 Å². The maximum atomic E-state index is 13.0. The van der Waals surface area contributed by atoms with E-state index in [1.54, 1.807) is 0 Å². The second-order valence-electron chi connectivity index (χ2n) is 19.0. The van der Waals surface area contributed by atoms with E-state index in [-0.39, 0.29) is 12.5 Å². The van der Waals surface area contributed by atoms with Crippen LogP contribution in [0.5, 0.6) is 0 Å². The summed E-state index contributed by atoms with van der Waals surface area (Å²) < 4.78 is 11.3. The molecule has 1 rings (SSSR count). The Balaban J connectivity index is 2.17. The summed E-state index contributed by atoms with van der Waals surface area (Å²) >= 11 is 0. The second kappa shape index (κ2) is 47.3. The van der Waals surface area contributed by atoms with Gasteiger partial charge in [-0.05, 0) is 64.2 Å². The number of unbranched alkanes of at least 4 members (excludes halogenated alkanes) is 24. The number of hydrogen-bond acceptors (Lipinski definition) is 8. The Morgan fingerprint density at radius 2 is 0.925 bits per heavy atom. The Bertz CT molecular complexity index is 1280. The molecule has 1 aliphatic rings. The van der Waals surface area contributed by atoms with E-state index >= 15 is 0 Å². The Kier molecular flexibility index (Phi) is 44.2. The molecule has 1 saturated heterocycles. The zero-order chi connectivity index (χ0) is 48.7. The van der Waals surface area contributed by atoms with Gasteiger partial charge in [0.25, 0.3) is 0 Å². The zero-order valence-electron chi connectivity index (χ0n) is 42.9. The van der Waals surface area contributed by atoms with Gasteiger partial charge in [0.1, 0.15) is 24.4 Å². The molecule has 1 heterocycles. The van der Waals surface area contributed by atoms with Crippen molar-refractivity contribution in [1.29, 1.82) is 0 Å². The van der Waals surface area contributed by atoms with Crippen molar-refractivity contribution in [2.24, 2.45) is 0 Å². The molecule has 67 heavy (non-hydrogen) atoms. The smallest absolute Gasteiger partial charge is 0.220 e. The largest absolute Gasteiger partial charge is 0.394 e. The molecule has 1 aliphatic heterocycles. The maximum absolute atomic E-state index is 13.0. The van der Waals surface area contributed by atoms with Crippen molar-refractivity contribution < 1.29 is 39.8 Å². The van der Waals surface area contributed by atoms with Crippen LogP contribution in [0.4, 0.5) is 0 Å². The summed E-state index contributed by atoms with van der Waals surface area (Å²) in [6, 6.07) is -0.722. The van der Waals surface area contributed by atoms with Gasteiger partial charge in [-0.25, -0.2) is 0 Å². The van der Waals surface area contributed by atoms with E-state index in [9.17, 15) is 30.3 Å². The Labute approximate surface area is 410 Å². The van der Waals surface area contributed by atoms with Crippen LogP contribution in [0.2, 0.25) is 0 Å². The lowest BCUT2D eigenvalue weighted by molar-refractivity contribution is -0.302. The van der Waals surface area contributed by atoms with E-state index in [0.717, 1.165) is 77.0 Å². The molecule has 0 aromatic carbocycles. The highest BCUT2D eigenvalue weighted by atomic mass is 16.7. The van der Waals surface area contributed by atoms with Gasteiger partial charge in [0.2, 0.25) is 5.91 Å². The van der Waals surface area contributed by atoms with E-state index < -0.39 is 49.5 Å². The number of aliphatic hydroxyl groups is 5. The number of carbonyl (C=O) groups excluding carboxylic acids is 1. The van der Waals surface area contributed by atoms with Crippen LogP contribution in [0.1, 0.15) is 232 Å². The van der Waals surface area contributed by atoms with Crippen LogP contribution in [0, 0.1) is 0 Å². The summed E-state index contributed by atoms with van der Waals surface area (Å²) in [4.78, 5) is 13.0. The molecule has 0 saturated carbocycles. The minimum absolute atomic E-state index is 0.141. The van der Waals surface area contributed by atoms with E-state index in [4.69, 9.17) is 9.47 Å². The van der Waals surface area contributed by atoms with Crippen molar-refractivity contribution >= 4 is 5.91 Å². The first-order valence-corrected chi connectivity index (χ1v) is 27.6. The summed E-state index contributed by atoms with van der Waals surface area (Å²) in [6.07, 6.45) is 57.8. The molecule has 0 aromatic heterocycles. The topological polar surface area (TPSA) is 149 Å². The van der Waals surface area contributed by atoms with Crippen LogP contribution in [-0.4, -0.2) is 87.5 Å². The van der Waals surface area contributed by atoms with Crippen LogP contribution in [-0.2, 0) is 14.3 Å². The van der Waals surface area contributed by atoms with Gasteiger partial charge in [0, 0.05) is 6.42 Å². The first-order chi connectivity index (χ1) is 32.8. The number of carbonyl (C=O) groups is 1. The maximum Gasteiger partial charge on any atom is 0.220 e. The number of hydrogen-bond donors (Lipinski definition) is 6. The van der Waals surface area contributed by atoms with Crippen molar-refractivity contribution in [2.45, 2.75) is 275 Å². The molecule has 388 valence electrons. The fraction of sp³-hybridized carbons (Fsp3) is 0.776. The first-order valence-electron chi connectivity index (χ1n) is 27.6. The summed E-state index contributed by atoms with van der Waals surface area (Å²) in [6.45, 7) is 3.72. The highest BCUT2D eigenvalue weighted by Crippen LogP contribution is 2.23. The van der Waals surface area contributed by atoms with Crippen molar-refractivity contribution in [3.05, 3.63) is 72.9 Å². The van der Waals surface area contributed by atoms with Gasteiger partial charge >= 0.3 is 0 Å². The Hall–Kier alpha value is -2.37. The highest BCUT2D eigenvalue weighted by molar-refractivity contribution is 5.76. The number of amides is 1. The first kappa shape index (κ1) is 62.6. The molecule has 6 N–H and O–H groups in total. The van der Waals surface area contributed by atoms with Gasteiger partial charge in [-0.1, -0.05) is 234 Å². The third-order valence-corrected chi connectivity index (χ3v) is 12.8. The monoisotopic (exact) mass is 942 g/mol. The van der Waals surface area contributed by atoms with Gasteiger partial charge < -0.3 is 40.3 Å². The number of allylic oxidation sites excluding steroid dienone is 12. The van der Waals surface area contributed by atoms with Crippen molar-refractivity contribution in [3.8, 4) is 0 Å². The number of ether oxygens (including phenoxy) is 2. The average molecular weight is 942 g/mol. The molecule has 1 amide bonds. The molecule has 0 bridgehead atoms. The van der Waals surface area contributed by atoms with Crippen LogP contribution < -0.4 is 5.32 Å². The lowest BCUT2D eigenvalue weighted by atomic mass is 9.99. The predicted octanol–water partition coefficient (Wildman–Crippen LogP) is 13.3. The molecule has 0 radical (unpaired) electrons. The highest BCUT2D eigenvalue weighted by Gasteiger charge is 2.44. The fourth-order valence-corrected chi connectivity index (χ4v) is 8.46. The predicted molar refractivity (Wildman–Crippen MR) is 281 cm³/mol. The quantitative estimate of drug-likeness (QED) is 0.0261. The molecule has 9 heteroatoms. The molecular formula is C58H103NO8. The summed E-state index contributed by atoms with van der Waals surface area (Å²) in [5.74, 6) is -0.149. The fourth-order valence-electron chi connectivity index (χ4n) is 8.46. The lowest BCUT2D eigenvalue weighted by Crippen LogP contribution is -2.60. The molecule has 9 nitrogen and oxygen atoms in total. The molecule has 7 unspecified atom stereocenters. The van der Waals surface area contributed by atoms with Crippen molar-refractivity contribution in [1.82, 2.24) is 5.32 Å². The minimum Gasteiger partial charge on any atom is -0.394 e. The number of aliphatic hydroxyl groups excluding tert-OH is 5. The summed E-state index contributed by atoms with van der Waals surface area (Å²) in [5, 5.41) is 54.5. The summed E-state index contributed by atoms with van der Waals surface area (Å²) in [5.41, 5.74) is 0. The van der Waals surface area contributed by atoms with Gasteiger partial charge in [-0.3, -0.25) is 4.79 Å². The Morgan fingerprint density at radius 1 is 0.522 bits per heavy atom. The second-order valence-corrected chi connectivity index (χ2v) is 19.0. The minimum atomic E-state index is -1.56. The number of nitrogens with one attached hydrogen (secondary N) is 1. The van der Waals surface area contributed by atoms with Gasteiger partial charge in [0.15, 0.2) is 6.29 Å². The molecule has 1 fully saturated rings. The third-order valence-electron chi connectivity index (χ3n) is 12.8. The van der Waals surface area contributed by atoms with Gasteiger partial charge in [-0.2, -0.15) is 0 Å². The van der Waals surface area contributed by atoms with E-state index in [1.165, 1.54) is 128 Å². The molecule has 7 atom stereocenters.